The predicted octanol–water partition coefficient (Wildman–Crippen LogP) is 2.75. The third-order valence-electron chi connectivity index (χ3n) is 2.08. The molecular formula is C12H22O6. The van der Waals surface area contributed by atoms with Crippen LogP contribution in [0.1, 0.15) is 34.6 Å². The van der Waals surface area contributed by atoms with Crippen LogP contribution in [0.25, 0.3) is 0 Å². The first-order valence-corrected chi connectivity index (χ1v) is 5.94. The van der Waals surface area contributed by atoms with Crippen molar-refractivity contribution in [3.8, 4) is 0 Å². The highest BCUT2D eigenvalue weighted by molar-refractivity contribution is 5.61. The number of hydrogen-bond donors (Lipinski definition) is 0. The van der Waals surface area contributed by atoms with Gasteiger partial charge < -0.3 is 18.9 Å². The van der Waals surface area contributed by atoms with Crippen molar-refractivity contribution in [2.75, 3.05) is 19.8 Å². The Labute approximate surface area is 108 Å². The van der Waals surface area contributed by atoms with Crippen molar-refractivity contribution >= 4 is 12.3 Å². The van der Waals surface area contributed by atoms with Gasteiger partial charge in [-0.05, 0) is 13.8 Å². The third-order valence-corrected chi connectivity index (χ3v) is 2.08. The molecule has 0 rings (SSSR count). The maximum absolute atomic E-state index is 11.3. The minimum Gasteiger partial charge on any atom is -0.435 e. The first-order chi connectivity index (χ1) is 8.31. The quantitative estimate of drug-likeness (QED) is 0.709. The molecule has 0 bridgehead atoms. The van der Waals surface area contributed by atoms with E-state index in [4.69, 9.17) is 9.47 Å². The summed E-state index contributed by atoms with van der Waals surface area (Å²) in [6, 6.07) is 0. The Kier molecular flexibility index (Phi) is 7.16. The summed E-state index contributed by atoms with van der Waals surface area (Å²) in [5, 5.41) is 0. The van der Waals surface area contributed by atoms with Crippen LogP contribution in [0.5, 0.6) is 0 Å². The van der Waals surface area contributed by atoms with Crippen molar-refractivity contribution in [3.05, 3.63) is 0 Å². The fourth-order valence-electron chi connectivity index (χ4n) is 1.03. The lowest BCUT2D eigenvalue weighted by Gasteiger charge is -2.29. The Morgan fingerprint density at radius 2 is 1.44 bits per heavy atom. The van der Waals surface area contributed by atoms with Gasteiger partial charge >= 0.3 is 12.3 Å². The van der Waals surface area contributed by atoms with Crippen LogP contribution < -0.4 is 0 Å². The Balaban J connectivity index is 4.33. The van der Waals surface area contributed by atoms with Gasteiger partial charge in [0.05, 0.1) is 13.2 Å². The second-order valence-corrected chi connectivity index (χ2v) is 4.65. The molecule has 1 unspecified atom stereocenters. The van der Waals surface area contributed by atoms with Crippen LogP contribution in [0, 0.1) is 5.41 Å². The van der Waals surface area contributed by atoms with Gasteiger partial charge in [0.2, 0.25) is 0 Å². The zero-order valence-electron chi connectivity index (χ0n) is 11.6. The Morgan fingerprint density at radius 1 is 0.944 bits per heavy atom. The van der Waals surface area contributed by atoms with Crippen molar-refractivity contribution in [2.45, 2.75) is 40.7 Å². The fraction of sp³-hybridized carbons (Fsp3) is 0.833. The third kappa shape index (κ3) is 6.98. The zero-order chi connectivity index (χ0) is 14.2. The second kappa shape index (κ2) is 7.79. The first-order valence-electron chi connectivity index (χ1n) is 5.94. The van der Waals surface area contributed by atoms with E-state index in [0.717, 1.165) is 0 Å². The lowest BCUT2D eigenvalue weighted by Crippen LogP contribution is -2.36. The summed E-state index contributed by atoms with van der Waals surface area (Å²) in [6.45, 7) is 9.36. The summed E-state index contributed by atoms with van der Waals surface area (Å²) in [5.41, 5.74) is -0.376. The SMILES string of the molecule is CCOC(=O)OCC(OC(=O)OCC)C(C)(C)C. The summed E-state index contributed by atoms with van der Waals surface area (Å²) < 4.78 is 19.3. The van der Waals surface area contributed by atoms with Crippen LogP contribution in [0.4, 0.5) is 9.59 Å². The predicted molar refractivity (Wildman–Crippen MR) is 64.3 cm³/mol. The minimum absolute atomic E-state index is 0.0683. The summed E-state index contributed by atoms with van der Waals surface area (Å²) in [5.74, 6) is 0. The molecule has 0 aromatic rings. The maximum atomic E-state index is 11.3. The van der Waals surface area contributed by atoms with Crippen LogP contribution in [0.15, 0.2) is 0 Å². The van der Waals surface area contributed by atoms with Crippen molar-refractivity contribution < 1.29 is 28.5 Å². The summed E-state index contributed by atoms with van der Waals surface area (Å²) in [6.07, 6.45) is -2.15. The van der Waals surface area contributed by atoms with E-state index < -0.39 is 18.4 Å². The second-order valence-electron chi connectivity index (χ2n) is 4.65. The van der Waals surface area contributed by atoms with Gasteiger partial charge in [0.25, 0.3) is 0 Å². The van der Waals surface area contributed by atoms with E-state index in [-0.39, 0.29) is 25.2 Å². The molecule has 106 valence electrons. The van der Waals surface area contributed by atoms with E-state index in [0.29, 0.717) is 0 Å². The minimum atomic E-state index is -0.779. The molecule has 0 radical (unpaired) electrons. The zero-order valence-corrected chi connectivity index (χ0v) is 11.6. The van der Waals surface area contributed by atoms with E-state index >= 15 is 0 Å². The summed E-state index contributed by atoms with van der Waals surface area (Å²) in [4.78, 5) is 22.3. The van der Waals surface area contributed by atoms with E-state index in [1.54, 1.807) is 13.8 Å². The summed E-state index contributed by atoms with van der Waals surface area (Å²) in [7, 11) is 0. The number of carbonyl (C=O) groups excluding carboxylic acids is 2. The van der Waals surface area contributed by atoms with Gasteiger partial charge in [0, 0.05) is 5.41 Å². The van der Waals surface area contributed by atoms with Gasteiger partial charge in [0.1, 0.15) is 12.7 Å². The molecule has 0 saturated heterocycles. The molecule has 0 saturated carbocycles. The normalized spacial score (nSPS) is 12.5. The topological polar surface area (TPSA) is 71.1 Å². The molecular weight excluding hydrogens is 240 g/mol. The number of rotatable bonds is 5. The molecule has 0 spiro atoms. The molecule has 0 aliphatic heterocycles. The number of hydrogen-bond acceptors (Lipinski definition) is 6. The van der Waals surface area contributed by atoms with Crippen LogP contribution in [0.2, 0.25) is 0 Å². The monoisotopic (exact) mass is 262 g/mol. The van der Waals surface area contributed by atoms with Crippen molar-refractivity contribution in [1.29, 1.82) is 0 Å². The molecule has 0 heterocycles. The maximum Gasteiger partial charge on any atom is 0.508 e. The van der Waals surface area contributed by atoms with Gasteiger partial charge in [-0.1, -0.05) is 20.8 Å². The molecule has 6 nitrogen and oxygen atoms in total. The number of ether oxygens (including phenoxy) is 4. The number of carbonyl (C=O) groups is 2. The van der Waals surface area contributed by atoms with Gasteiger partial charge in [-0.3, -0.25) is 0 Å². The molecule has 18 heavy (non-hydrogen) atoms. The van der Waals surface area contributed by atoms with Crippen molar-refractivity contribution in [3.63, 3.8) is 0 Å². The highest BCUT2D eigenvalue weighted by atomic mass is 16.8. The van der Waals surface area contributed by atoms with E-state index in [1.807, 2.05) is 20.8 Å². The molecule has 0 aromatic carbocycles. The first kappa shape index (κ1) is 16.5. The molecule has 6 heteroatoms. The van der Waals surface area contributed by atoms with Crippen LogP contribution in [-0.4, -0.2) is 38.2 Å². The molecule has 1 atom stereocenters. The molecule has 0 fully saturated rings. The van der Waals surface area contributed by atoms with Gasteiger partial charge in [-0.25, -0.2) is 9.59 Å². The van der Waals surface area contributed by atoms with Gasteiger partial charge in [0.15, 0.2) is 0 Å². The summed E-state index contributed by atoms with van der Waals surface area (Å²) >= 11 is 0. The van der Waals surface area contributed by atoms with E-state index in [9.17, 15) is 9.59 Å². The largest absolute Gasteiger partial charge is 0.508 e. The highest BCUT2D eigenvalue weighted by Crippen LogP contribution is 2.23. The smallest absolute Gasteiger partial charge is 0.435 e. The van der Waals surface area contributed by atoms with Crippen LogP contribution >= 0.6 is 0 Å². The van der Waals surface area contributed by atoms with E-state index in [2.05, 4.69) is 9.47 Å². The lowest BCUT2D eigenvalue weighted by atomic mass is 9.89. The Hall–Kier alpha value is -1.46. The molecule has 0 N–H and O–H groups in total. The standard InChI is InChI=1S/C12H22O6/c1-6-15-10(13)17-8-9(12(3,4)5)18-11(14)16-7-2/h9H,6-8H2,1-5H3. The van der Waals surface area contributed by atoms with Gasteiger partial charge in [-0.15, -0.1) is 0 Å². The van der Waals surface area contributed by atoms with E-state index in [1.165, 1.54) is 0 Å². The molecule has 0 amide bonds. The van der Waals surface area contributed by atoms with Crippen LogP contribution in [-0.2, 0) is 18.9 Å². The lowest BCUT2D eigenvalue weighted by molar-refractivity contribution is -0.0525. The average Bonchev–Trinajstić information content (AvgIpc) is 2.23. The van der Waals surface area contributed by atoms with Crippen molar-refractivity contribution in [2.24, 2.45) is 5.41 Å². The molecule has 0 aliphatic carbocycles. The van der Waals surface area contributed by atoms with Crippen molar-refractivity contribution in [1.82, 2.24) is 0 Å². The van der Waals surface area contributed by atoms with Gasteiger partial charge in [-0.2, -0.15) is 0 Å². The average molecular weight is 262 g/mol. The van der Waals surface area contributed by atoms with Crippen LogP contribution in [0.3, 0.4) is 0 Å². The Bertz CT molecular complexity index is 268. The Morgan fingerprint density at radius 3 is 1.89 bits per heavy atom. The fourth-order valence-corrected chi connectivity index (χ4v) is 1.03. The molecule has 0 aliphatic rings. The molecule has 0 aromatic heterocycles. The highest BCUT2D eigenvalue weighted by Gasteiger charge is 2.30.